The van der Waals surface area contributed by atoms with Crippen LogP contribution in [-0.4, -0.2) is 40.6 Å². The van der Waals surface area contributed by atoms with E-state index in [-0.39, 0.29) is 5.91 Å². The van der Waals surface area contributed by atoms with Gasteiger partial charge in [0.2, 0.25) is 0 Å². The number of piperidine rings is 1. The Morgan fingerprint density at radius 3 is 2.75 bits per heavy atom. The first kappa shape index (κ1) is 16.4. The number of rotatable bonds is 5. The Morgan fingerprint density at radius 1 is 1.21 bits per heavy atom. The average molecular weight is 324 g/mol. The molecule has 5 nitrogen and oxygen atoms in total. The third-order valence-electron chi connectivity index (χ3n) is 4.39. The molecule has 1 saturated heterocycles. The van der Waals surface area contributed by atoms with E-state index in [4.69, 9.17) is 0 Å². The zero-order valence-electron chi connectivity index (χ0n) is 14.1. The number of nitrogens with zero attached hydrogens (tertiary/aromatic N) is 3. The minimum Gasteiger partial charge on any atom is -0.368 e. The fourth-order valence-corrected chi connectivity index (χ4v) is 3.06. The summed E-state index contributed by atoms with van der Waals surface area (Å²) >= 11 is 0. The molecule has 1 unspecified atom stereocenters. The summed E-state index contributed by atoms with van der Waals surface area (Å²) in [6.07, 6.45) is 3.19. The van der Waals surface area contributed by atoms with Crippen molar-refractivity contribution in [2.45, 2.75) is 26.2 Å². The smallest absolute Gasteiger partial charge is 0.274 e. The van der Waals surface area contributed by atoms with E-state index in [1.807, 2.05) is 29.2 Å². The summed E-state index contributed by atoms with van der Waals surface area (Å²) in [7, 11) is 0. The van der Waals surface area contributed by atoms with Gasteiger partial charge in [-0.1, -0.05) is 37.3 Å². The molecule has 1 aliphatic heterocycles. The van der Waals surface area contributed by atoms with Gasteiger partial charge in [-0.2, -0.15) is 0 Å². The maximum Gasteiger partial charge on any atom is 0.274 e. The molecule has 1 N–H and O–H groups in total. The Labute approximate surface area is 143 Å². The molecule has 0 saturated carbocycles. The molecule has 0 spiro atoms. The highest BCUT2D eigenvalue weighted by Crippen LogP contribution is 2.17. The van der Waals surface area contributed by atoms with E-state index in [0.29, 0.717) is 17.4 Å². The molecule has 5 heteroatoms. The van der Waals surface area contributed by atoms with E-state index < -0.39 is 0 Å². The molecular formula is C19H24N4O. The number of hydrogen-bond donors (Lipinski definition) is 1. The van der Waals surface area contributed by atoms with Crippen LogP contribution in [0.15, 0.2) is 42.5 Å². The molecule has 24 heavy (non-hydrogen) atoms. The minimum atomic E-state index is -0.00937. The predicted octanol–water partition coefficient (Wildman–Crippen LogP) is 3.00. The van der Waals surface area contributed by atoms with Crippen LogP contribution < -0.4 is 5.32 Å². The summed E-state index contributed by atoms with van der Waals surface area (Å²) in [5, 5.41) is 11.5. The lowest BCUT2D eigenvalue weighted by molar-refractivity contribution is 0.0676. The summed E-state index contributed by atoms with van der Waals surface area (Å²) in [4.78, 5) is 14.3. The fourth-order valence-electron chi connectivity index (χ4n) is 3.06. The van der Waals surface area contributed by atoms with Crippen molar-refractivity contribution >= 4 is 11.7 Å². The van der Waals surface area contributed by atoms with Gasteiger partial charge in [-0.25, -0.2) is 0 Å². The zero-order chi connectivity index (χ0) is 16.8. The highest BCUT2D eigenvalue weighted by molar-refractivity contribution is 5.92. The zero-order valence-corrected chi connectivity index (χ0v) is 14.1. The number of hydrogen-bond acceptors (Lipinski definition) is 4. The molecule has 1 aromatic carbocycles. The number of benzene rings is 1. The van der Waals surface area contributed by atoms with E-state index in [0.717, 1.165) is 32.5 Å². The normalized spacial score (nSPS) is 17.5. The predicted molar refractivity (Wildman–Crippen MR) is 95.0 cm³/mol. The van der Waals surface area contributed by atoms with Crippen LogP contribution in [0.4, 0.5) is 5.82 Å². The van der Waals surface area contributed by atoms with Gasteiger partial charge in [-0.05, 0) is 42.9 Å². The Kier molecular flexibility index (Phi) is 5.41. The van der Waals surface area contributed by atoms with E-state index in [1.165, 1.54) is 12.0 Å². The average Bonchev–Trinajstić information content (AvgIpc) is 2.63. The van der Waals surface area contributed by atoms with Gasteiger partial charge in [0.15, 0.2) is 5.69 Å². The Hall–Kier alpha value is -2.43. The quantitative estimate of drug-likeness (QED) is 0.918. The standard InChI is InChI=1S/C19H24N4O/c1-15-6-5-13-23(14-15)19(24)17-9-10-18(22-21-17)20-12-11-16-7-3-2-4-8-16/h2-4,7-10,15H,5-6,11-14H2,1H3,(H,20,22). The minimum absolute atomic E-state index is 0.00937. The van der Waals surface area contributed by atoms with Crippen molar-refractivity contribution in [3.05, 3.63) is 53.7 Å². The topological polar surface area (TPSA) is 58.1 Å². The molecule has 1 fully saturated rings. The summed E-state index contributed by atoms with van der Waals surface area (Å²) < 4.78 is 0. The maximum atomic E-state index is 12.5. The van der Waals surface area contributed by atoms with Crippen LogP contribution in [0, 0.1) is 5.92 Å². The van der Waals surface area contributed by atoms with Gasteiger partial charge in [0, 0.05) is 19.6 Å². The molecule has 2 aromatic rings. The van der Waals surface area contributed by atoms with Crippen LogP contribution in [0.25, 0.3) is 0 Å². The SMILES string of the molecule is CC1CCCN(C(=O)c2ccc(NCCc3ccccc3)nn2)C1. The third kappa shape index (κ3) is 4.31. The van der Waals surface area contributed by atoms with Gasteiger partial charge >= 0.3 is 0 Å². The summed E-state index contributed by atoms with van der Waals surface area (Å²) in [5.41, 5.74) is 1.71. The number of carbonyl (C=O) groups is 1. The highest BCUT2D eigenvalue weighted by atomic mass is 16.2. The van der Waals surface area contributed by atoms with E-state index in [1.54, 1.807) is 6.07 Å². The molecule has 0 radical (unpaired) electrons. The monoisotopic (exact) mass is 324 g/mol. The second-order valence-electron chi connectivity index (χ2n) is 6.46. The number of likely N-dealkylation sites (tertiary alicyclic amines) is 1. The van der Waals surface area contributed by atoms with Gasteiger partial charge in [0.1, 0.15) is 5.82 Å². The number of anilines is 1. The molecular weight excluding hydrogens is 300 g/mol. The van der Waals surface area contributed by atoms with Crippen molar-refractivity contribution < 1.29 is 4.79 Å². The molecule has 126 valence electrons. The number of aromatic nitrogens is 2. The second kappa shape index (κ2) is 7.90. The third-order valence-corrected chi connectivity index (χ3v) is 4.39. The second-order valence-corrected chi connectivity index (χ2v) is 6.46. The van der Waals surface area contributed by atoms with Crippen molar-refractivity contribution in [3.63, 3.8) is 0 Å². The largest absolute Gasteiger partial charge is 0.368 e. The Balaban J connectivity index is 1.52. The number of amides is 1. The number of nitrogens with one attached hydrogen (secondary N) is 1. The highest BCUT2D eigenvalue weighted by Gasteiger charge is 2.23. The van der Waals surface area contributed by atoms with Crippen LogP contribution in [0.3, 0.4) is 0 Å². The van der Waals surface area contributed by atoms with Gasteiger partial charge in [0.25, 0.3) is 5.91 Å². The van der Waals surface area contributed by atoms with Gasteiger partial charge in [-0.15, -0.1) is 10.2 Å². The molecule has 0 bridgehead atoms. The Morgan fingerprint density at radius 2 is 2.04 bits per heavy atom. The molecule has 1 aromatic heterocycles. The van der Waals surface area contributed by atoms with Crippen molar-refractivity contribution in [1.29, 1.82) is 0 Å². The lowest BCUT2D eigenvalue weighted by Gasteiger charge is -2.30. The van der Waals surface area contributed by atoms with Gasteiger partial charge in [0.05, 0.1) is 0 Å². The molecule has 3 rings (SSSR count). The fraction of sp³-hybridized carbons (Fsp3) is 0.421. The molecule has 2 heterocycles. The molecule has 1 atom stereocenters. The van der Waals surface area contributed by atoms with Crippen LogP contribution in [-0.2, 0) is 6.42 Å². The Bertz CT molecular complexity index is 657. The first-order chi connectivity index (χ1) is 11.7. The van der Waals surface area contributed by atoms with Crippen LogP contribution in [0.2, 0.25) is 0 Å². The summed E-state index contributed by atoms with van der Waals surface area (Å²) in [6.45, 7) is 4.61. The summed E-state index contributed by atoms with van der Waals surface area (Å²) in [5.74, 6) is 1.26. The molecule has 1 aliphatic rings. The van der Waals surface area contributed by atoms with E-state index >= 15 is 0 Å². The van der Waals surface area contributed by atoms with Gasteiger partial charge < -0.3 is 10.2 Å². The van der Waals surface area contributed by atoms with Crippen LogP contribution in [0.1, 0.15) is 35.8 Å². The summed E-state index contributed by atoms with van der Waals surface area (Å²) in [6, 6.07) is 13.9. The lowest BCUT2D eigenvalue weighted by Crippen LogP contribution is -2.39. The van der Waals surface area contributed by atoms with E-state index in [9.17, 15) is 4.79 Å². The first-order valence-electron chi connectivity index (χ1n) is 8.63. The maximum absolute atomic E-state index is 12.5. The van der Waals surface area contributed by atoms with Crippen LogP contribution in [0.5, 0.6) is 0 Å². The van der Waals surface area contributed by atoms with Gasteiger partial charge in [-0.3, -0.25) is 4.79 Å². The first-order valence-corrected chi connectivity index (χ1v) is 8.63. The number of carbonyl (C=O) groups excluding carboxylic acids is 1. The van der Waals surface area contributed by atoms with Crippen molar-refractivity contribution in [1.82, 2.24) is 15.1 Å². The van der Waals surface area contributed by atoms with E-state index in [2.05, 4.69) is 34.6 Å². The van der Waals surface area contributed by atoms with Crippen molar-refractivity contribution in [2.24, 2.45) is 5.92 Å². The molecule has 0 aliphatic carbocycles. The molecule has 1 amide bonds. The van der Waals surface area contributed by atoms with Crippen LogP contribution >= 0.6 is 0 Å². The lowest BCUT2D eigenvalue weighted by atomic mass is 10.00. The van der Waals surface area contributed by atoms with Crippen molar-refractivity contribution in [3.8, 4) is 0 Å². The van der Waals surface area contributed by atoms with Crippen molar-refractivity contribution in [2.75, 3.05) is 25.0 Å².